The SMILES string of the molecule is CCCC(=O)Nc1ccc(Cl)c(NC(=O)/C=C/c2ccc([N+](=O)[O-])cc2)c1. The second kappa shape index (κ2) is 9.49. The quantitative estimate of drug-likeness (QED) is 0.410. The van der Waals surface area contributed by atoms with Gasteiger partial charge < -0.3 is 10.6 Å². The number of nitrogens with one attached hydrogen (secondary N) is 2. The number of nitro groups is 1. The van der Waals surface area contributed by atoms with E-state index in [0.29, 0.717) is 28.4 Å². The topological polar surface area (TPSA) is 101 Å². The fourth-order valence-electron chi connectivity index (χ4n) is 2.20. The van der Waals surface area contributed by atoms with Crippen molar-refractivity contribution in [1.29, 1.82) is 0 Å². The molecule has 0 aliphatic carbocycles. The summed E-state index contributed by atoms with van der Waals surface area (Å²) in [5, 5.41) is 16.3. The zero-order valence-electron chi connectivity index (χ0n) is 14.6. The van der Waals surface area contributed by atoms with E-state index in [0.717, 1.165) is 6.42 Å². The van der Waals surface area contributed by atoms with Gasteiger partial charge in [0.2, 0.25) is 11.8 Å². The van der Waals surface area contributed by atoms with Gasteiger partial charge in [-0.2, -0.15) is 0 Å². The molecule has 0 atom stereocenters. The van der Waals surface area contributed by atoms with Crippen molar-refractivity contribution in [3.05, 3.63) is 69.2 Å². The Morgan fingerprint density at radius 1 is 1.15 bits per heavy atom. The Morgan fingerprint density at radius 3 is 2.48 bits per heavy atom. The third-order valence-electron chi connectivity index (χ3n) is 3.52. The molecule has 0 aliphatic heterocycles. The number of hydrogen-bond acceptors (Lipinski definition) is 4. The lowest BCUT2D eigenvalue weighted by Crippen LogP contribution is -2.12. The van der Waals surface area contributed by atoms with Crippen LogP contribution in [0.1, 0.15) is 25.3 Å². The summed E-state index contributed by atoms with van der Waals surface area (Å²) in [5.41, 5.74) is 1.52. The molecule has 0 saturated carbocycles. The molecule has 0 aromatic heterocycles. The maximum atomic E-state index is 12.1. The molecular weight excluding hydrogens is 370 g/mol. The van der Waals surface area contributed by atoms with Crippen LogP contribution < -0.4 is 10.6 Å². The number of halogens is 1. The number of anilines is 2. The van der Waals surface area contributed by atoms with Crippen LogP contribution in [0, 0.1) is 10.1 Å². The highest BCUT2D eigenvalue weighted by Crippen LogP contribution is 2.26. The van der Waals surface area contributed by atoms with Crippen LogP contribution >= 0.6 is 11.6 Å². The van der Waals surface area contributed by atoms with E-state index in [1.54, 1.807) is 30.3 Å². The van der Waals surface area contributed by atoms with Crippen molar-refractivity contribution in [3.63, 3.8) is 0 Å². The first-order valence-electron chi connectivity index (χ1n) is 8.22. The standard InChI is InChI=1S/C19H18ClN3O4/c1-2-3-18(24)21-14-7-10-16(20)17(12-14)22-19(25)11-6-13-4-8-15(9-5-13)23(26)27/h4-12H,2-3H2,1H3,(H,21,24)(H,22,25)/b11-6+. The Bertz CT molecular complexity index is 879. The molecule has 0 spiro atoms. The van der Waals surface area contributed by atoms with Crippen LogP contribution in [0.3, 0.4) is 0 Å². The summed E-state index contributed by atoms with van der Waals surface area (Å²) in [6, 6.07) is 10.6. The van der Waals surface area contributed by atoms with E-state index in [4.69, 9.17) is 11.6 Å². The number of rotatable bonds is 7. The largest absolute Gasteiger partial charge is 0.326 e. The molecule has 0 saturated heterocycles. The lowest BCUT2D eigenvalue weighted by Gasteiger charge is -2.09. The number of hydrogen-bond donors (Lipinski definition) is 2. The van der Waals surface area contributed by atoms with Gasteiger partial charge in [-0.25, -0.2) is 0 Å². The van der Waals surface area contributed by atoms with Crippen molar-refractivity contribution in [2.75, 3.05) is 10.6 Å². The van der Waals surface area contributed by atoms with Gasteiger partial charge in [-0.15, -0.1) is 0 Å². The number of nitrogens with zero attached hydrogens (tertiary/aromatic N) is 1. The Labute approximate surface area is 161 Å². The minimum Gasteiger partial charge on any atom is -0.326 e. The van der Waals surface area contributed by atoms with Crippen molar-refractivity contribution in [2.24, 2.45) is 0 Å². The lowest BCUT2D eigenvalue weighted by molar-refractivity contribution is -0.384. The highest BCUT2D eigenvalue weighted by Gasteiger charge is 2.07. The average Bonchev–Trinajstić information content (AvgIpc) is 2.63. The second-order valence-electron chi connectivity index (χ2n) is 5.66. The maximum Gasteiger partial charge on any atom is 0.269 e. The van der Waals surface area contributed by atoms with Crippen molar-refractivity contribution in [1.82, 2.24) is 0 Å². The van der Waals surface area contributed by atoms with Crippen molar-refractivity contribution in [3.8, 4) is 0 Å². The normalized spacial score (nSPS) is 10.6. The predicted molar refractivity (Wildman–Crippen MR) is 106 cm³/mol. The second-order valence-corrected chi connectivity index (χ2v) is 6.07. The molecule has 0 unspecified atom stereocenters. The maximum absolute atomic E-state index is 12.1. The van der Waals surface area contributed by atoms with Gasteiger partial charge in [-0.05, 0) is 48.4 Å². The van der Waals surface area contributed by atoms with Crippen LogP contribution in [-0.2, 0) is 9.59 Å². The first kappa shape index (κ1) is 20.1. The van der Waals surface area contributed by atoms with Crippen molar-refractivity contribution >= 4 is 46.6 Å². The molecule has 2 amide bonds. The van der Waals surface area contributed by atoms with Gasteiger partial charge in [0, 0.05) is 30.3 Å². The zero-order chi connectivity index (χ0) is 19.8. The molecule has 0 bridgehead atoms. The fourth-order valence-corrected chi connectivity index (χ4v) is 2.37. The van der Waals surface area contributed by atoms with Crippen LogP contribution in [0.4, 0.5) is 17.1 Å². The summed E-state index contributed by atoms with van der Waals surface area (Å²) in [5.74, 6) is -0.539. The summed E-state index contributed by atoms with van der Waals surface area (Å²) in [6.45, 7) is 1.91. The van der Waals surface area contributed by atoms with Gasteiger partial charge >= 0.3 is 0 Å². The average molecular weight is 388 g/mol. The zero-order valence-corrected chi connectivity index (χ0v) is 15.3. The molecule has 0 heterocycles. The molecule has 2 N–H and O–H groups in total. The van der Waals surface area contributed by atoms with Gasteiger partial charge in [0.15, 0.2) is 0 Å². The van der Waals surface area contributed by atoms with Gasteiger partial charge in [-0.3, -0.25) is 19.7 Å². The van der Waals surface area contributed by atoms with Crippen molar-refractivity contribution in [2.45, 2.75) is 19.8 Å². The molecule has 27 heavy (non-hydrogen) atoms. The fraction of sp³-hybridized carbons (Fsp3) is 0.158. The molecule has 0 aliphatic rings. The van der Waals surface area contributed by atoms with Crippen LogP contribution in [0.25, 0.3) is 6.08 Å². The summed E-state index contributed by atoms with van der Waals surface area (Å²) in [6.07, 6.45) is 3.96. The van der Waals surface area contributed by atoms with Crippen LogP contribution in [0.5, 0.6) is 0 Å². The number of benzene rings is 2. The molecular formula is C19H18ClN3O4. The molecule has 8 heteroatoms. The first-order chi connectivity index (χ1) is 12.9. The van der Waals surface area contributed by atoms with Gasteiger partial charge in [0.25, 0.3) is 5.69 Å². The number of carbonyl (C=O) groups is 2. The molecule has 2 aromatic rings. The van der Waals surface area contributed by atoms with Crippen molar-refractivity contribution < 1.29 is 14.5 Å². The molecule has 2 rings (SSSR count). The first-order valence-corrected chi connectivity index (χ1v) is 8.59. The monoisotopic (exact) mass is 387 g/mol. The Kier molecular flexibility index (Phi) is 7.08. The van der Waals surface area contributed by atoms with Gasteiger partial charge in [-0.1, -0.05) is 18.5 Å². The molecule has 140 valence electrons. The summed E-state index contributed by atoms with van der Waals surface area (Å²) >= 11 is 6.09. The van der Waals surface area contributed by atoms with Gasteiger partial charge in [0.1, 0.15) is 0 Å². The van der Waals surface area contributed by atoms with E-state index in [1.807, 2.05) is 6.92 Å². The minimum absolute atomic E-state index is 0.0229. The van der Waals surface area contributed by atoms with Crippen LogP contribution in [0.2, 0.25) is 5.02 Å². The van der Waals surface area contributed by atoms with E-state index in [-0.39, 0.29) is 11.6 Å². The Balaban J connectivity index is 2.03. The van der Waals surface area contributed by atoms with Gasteiger partial charge in [0.05, 0.1) is 15.6 Å². The Morgan fingerprint density at radius 2 is 1.85 bits per heavy atom. The van der Waals surface area contributed by atoms with Crippen LogP contribution in [0.15, 0.2) is 48.5 Å². The molecule has 0 fully saturated rings. The molecule has 0 radical (unpaired) electrons. The highest BCUT2D eigenvalue weighted by molar-refractivity contribution is 6.34. The highest BCUT2D eigenvalue weighted by atomic mass is 35.5. The molecule has 2 aromatic carbocycles. The molecule has 7 nitrogen and oxygen atoms in total. The summed E-state index contributed by atoms with van der Waals surface area (Å²) in [4.78, 5) is 33.9. The third kappa shape index (κ3) is 6.23. The summed E-state index contributed by atoms with van der Waals surface area (Å²) < 4.78 is 0. The number of amides is 2. The number of carbonyl (C=O) groups excluding carboxylic acids is 2. The minimum atomic E-state index is -0.492. The third-order valence-corrected chi connectivity index (χ3v) is 3.85. The van der Waals surface area contributed by atoms with E-state index >= 15 is 0 Å². The van der Waals surface area contributed by atoms with E-state index in [2.05, 4.69) is 10.6 Å². The summed E-state index contributed by atoms with van der Waals surface area (Å²) in [7, 11) is 0. The lowest BCUT2D eigenvalue weighted by atomic mass is 10.2. The number of nitro benzene ring substituents is 1. The smallest absolute Gasteiger partial charge is 0.269 e. The van der Waals surface area contributed by atoms with E-state index < -0.39 is 10.8 Å². The predicted octanol–water partition coefficient (Wildman–Crippen LogP) is 4.64. The Hall–Kier alpha value is -3.19. The van der Waals surface area contributed by atoms with Crippen LogP contribution in [-0.4, -0.2) is 16.7 Å². The number of non-ortho nitro benzene ring substituents is 1. The van der Waals surface area contributed by atoms with E-state index in [1.165, 1.54) is 24.3 Å². The van der Waals surface area contributed by atoms with E-state index in [9.17, 15) is 19.7 Å².